The van der Waals surface area contributed by atoms with E-state index in [0.29, 0.717) is 5.92 Å². The maximum absolute atomic E-state index is 11.0. The molecule has 1 aromatic carbocycles. The number of nitrogens with two attached hydrogens (primary N) is 1. The van der Waals surface area contributed by atoms with E-state index in [2.05, 4.69) is 0 Å². The van der Waals surface area contributed by atoms with E-state index < -0.39 is 0 Å². The maximum Gasteiger partial charge on any atom is 0.314 e. The average Bonchev–Trinajstić information content (AvgIpc) is 3.20. The molecule has 2 N–H and O–H groups in total. The van der Waals surface area contributed by atoms with Crippen molar-refractivity contribution in [1.82, 2.24) is 9.80 Å². The molecule has 2 aliphatic heterocycles. The molecule has 1 aromatic rings. The lowest BCUT2D eigenvalue weighted by Gasteiger charge is -2.13. The van der Waals surface area contributed by atoms with Gasteiger partial charge in [0.1, 0.15) is 0 Å². The molecule has 6 heteroatoms. The molecule has 2 saturated heterocycles. The zero-order valence-corrected chi connectivity index (χ0v) is 13.3. The Kier molecular flexibility index (Phi) is 6.07. The Balaban J connectivity index is 0.000000211. The third kappa shape index (κ3) is 4.63. The number of rotatable bonds is 2. The van der Waals surface area contributed by atoms with Gasteiger partial charge in [-0.15, -0.1) is 0 Å². The maximum atomic E-state index is 11.0. The van der Waals surface area contributed by atoms with Gasteiger partial charge in [0.05, 0.1) is 0 Å². The largest absolute Gasteiger partial charge is 0.351 e. The van der Waals surface area contributed by atoms with Gasteiger partial charge in [0.25, 0.3) is 0 Å². The second kappa shape index (κ2) is 8.03. The normalized spacial score (nSPS) is 20.5. The molecule has 2 fully saturated rings. The Morgan fingerprint density at radius 3 is 2.27 bits per heavy atom. The van der Waals surface area contributed by atoms with Crippen LogP contribution >= 0.6 is 11.6 Å². The smallest absolute Gasteiger partial charge is 0.314 e. The van der Waals surface area contributed by atoms with Gasteiger partial charge in [-0.05, 0) is 37.0 Å². The molecule has 5 nitrogen and oxygen atoms in total. The molecule has 0 aromatic heterocycles. The molecule has 22 heavy (non-hydrogen) atoms. The van der Waals surface area contributed by atoms with Crippen LogP contribution in [0.2, 0.25) is 5.02 Å². The molecule has 120 valence electrons. The molecular formula is C16H22ClN3O2. The highest BCUT2D eigenvalue weighted by Gasteiger charge is 2.25. The lowest BCUT2D eigenvalue weighted by Crippen LogP contribution is -2.33. The van der Waals surface area contributed by atoms with Crippen LogP contribution in [-0.2, 0) is 4.79 Å². The van der Waals surface area contributed by atoms with Crippen LogP contribution < -0.4 is 5.73 Å². The van der Waals surface area contributed by atoms with Gasteiger partial charge in [0.15, 0.2) is 0 Å². The molecule has 2 aliphatic rings. The third-order valence-electron chi connectivity index (χ3n) is 4.13. The molecule has 2 heterocycles. The van der Waals surface area contributed by atoms with E-state index in [-0.39, 0.29) is 6.03 Å². The second-order valence-electron chi connectivity index (χ2n) is 5.67. The van der Waals surface area contributed by atoms with Crippen molar-refractivity contribution in [3.8, 4) is 0 Å². The molecule has 0 radical (unpaired) electrons. The molecular weight excluding hydrogens is 302 g/mol. The molecule has 1 unspecified atom stereocenters. The molecule has 0 spiro atoms. The Morgan fingerprint density at radius 1 is 1.18 bits per heavy atom. The number of hydrogen-bond acceptors (Lipinski definition) is 2. The molecule has 3 amide bonds. The minimum atomic E-state index is -0.327. The van der Waals surface area contributed by atoms with E-state index in [1.54, 1.807) is 9.80 Å². The number of likely N-dealkylation sites (tertiary alicyclic amines) is 2. The Hall–Kier alpha value is -1.75. The van der Waals surface area contributed by atoms with Gasteiger partial charge >= 0.3 is 6.03 Å². The summed E-state index contributed by atoms with van der Waals surface area (Å²) in [5, 5.41) is 0.739. The number of carbonyl (C=O) groups excluding carboxylic acids is 2. The van der Waals surface area contributed by atoms with Crippen molar-refractivity contribution in [2.45, 2.75) is 25.2 Å². The van der Waals surface area contributed by atoms with E-state index in [1.165, 1.54) is 18.4 Å². The van der Waals surface area contributed by atoms with Crippen molar-refractivity contribution in [2.24, 2.45) is 5.73 Å². The molecule has 0 saturated carbocycles. The fourth-order valence-corrected chi connectivity index (χ4v) is 2.94. The Bertz CT molecular complexity index is 501. The zero-order valence-electron chi connectivity index (χ0n) is 12.6. The van der Waals surface area contributed by atoms with Crippen molar-refractivity contribution >= 4 is 24.0 Å². The summed E-state index contributed by atoms with van der Waals surface area (Å²) in [4.78, 5) is 24.4. The lowest BCUT2D eigenvalue weighted by atomic mass is 9.99. The van der Waals surface area contributed by atoms with E-state index in [0.717, 1.165) is 44.0 Å². The number of hydrogen-bond donors (Lipinski definition) is 1. The highest BCUT2D eigenvalue weighted by Crippen LogP contribution is 2.27. The Morgan fingerprint density at radius 2 is 1.82 bits per heavy atom. The van der Waals surface area contributed by atoms with Gasteiger partial charge < -0.3 is 15.5 Å². The van der Waals surface area contributed by atoms with E-state index >= 15 is 0 Å². The number of nitrogens with zero attached hydrogens (tertiary/aromatic N) is 2. The van der Waals surface area contributed by atoms with Gasteiger partial charge in [-0.2, -0.15) is 0 Å². The third-order valence-corrected chi connectivity index (χ3v) is 4.38. The fraction of sp³-hybridized carbons (Fsp3) is 0.500. The fourth-order valence-electron chi connectivity index (χ4n) is 2.81. The summed E-state index contributed by atoms with van der Waals surface area (Å²) in [6.45, 7) is 3.42. The highest BCUT2D eigenvalue weighted by atomic mass is 35.5. The quantitative estimate of drug-likeness (QED) is 0.849. The molecule has 0 aliphatic carbocycles. The zero-order chi connectivity index (χ0) is 15.9. The minimum Gasteiger partial charge on any atom is -0.351 e. The average molecular weight is 324 g/mol. The van der Waals surface area contributed by atoms with Crippen LogP contribution in [0, 0.1) is 0 Å². The van der Waals surface area contributed by atoms with Gasteiger partial charge in [-0.1, -0.05) is 23.7 Å². The van der Waals surface area contributed by atoms with Crippen molar-refractivity contribution in [1.29, 1.82) is 0 Å². The number of amides is 3. The standard InChI is InChI=1S/C11H13ClN2O.C5H9NO/c12-10-3-1-8(2-4-10)9-5-6-14(7-9)11(13)15;7-5-6-3-1-2-4-6/h1-4,9H,5-7H2,(H2,13,15);5H,1-4H2. The summed E-state index contributed by atoms with van der Waals surface area (Å²) in [6, 6.07) is 7.45. The van der Waals surface area contributed by atoms with E-state index in [4.69, 9.17) is 17.3 Å². The molecule has 3 rings (SSSR count). The number of carbonyl (C=O) groups is 2. The Labute approximate surface area is 136 Å². The summed E-state index contributed by atoms with van der Waals surface area (Å²) < 4.78 is 0. The van der Waals surface area contributed by atoms with Crippen LogP contribution in [0.5, 0.6) is 0 Å². The molecule has 0 bridgehead atoms. The van der Waals surface area contributed by atoms with Crippen LogP contribution in [-0.4, -0.2) is 48.4 Å². The summed E-state index contributed by atoms with van der Waals surface area (Å²) in [6.07, 6.45) is 4.29. The lowest BCUT2D eigenvalue weighted by molar-refractivity contribution is -0.117. The van der Waals surface area contributed by atoms with Crippen molar-refractivity contribution in [3.05, 3.63) is 34.9 Å². The van der Waals surface area contributed by atoms with Gasteiger partial charge in [0, 0.05) is 37.1 Å². The molecule has 1 atom stereocenters. The number of halogens is 1. The number of urea groups is 1. The van der Waals surface area contributed by atoms with Crippen molar-refractivity contribution in [2.75, 3.05) is 26.2 Å². The van der Waals surface area contributed by atoms with Crippen molar-refractivity contribution < 1.29 is 9.59 Å². The summed E-state index contributed by atoms with van der Waals surface area (Å²) in [5.41, 5.74) is 6.45. The van der Waals surface area contributed by atoms with E-state index in [1.807, 2.05) is 24.3 Å². The van der Waals surface area contributed by atoms with Crippen molar-refractivity contribution in [3.63, 3.8) is 0 Å². The summed E-state index contributed by atoms with van der Waals surface area (Å²) in [5.74, 6) is 0.398. The first kappa shape index (κ1) is 16.6. The van der Waals surface area contributed by atoms with Gasteiger partial charge in [0.2, 0.25) is 6.41 Å². The first-order chi connectivity index (χ1) is 10.6. The topological polar surface area (TPSA) is 66.6 Å². The first-order valence-electron chi connectivity index (χ1n) is 7.59. The second-order valence-corrected chi connectivity index (χ2v) is 6.11. The predicted molar refractivity (Wildman–Crippen MR) is 86.8 cm³/mol. The SMILES string of the molecule is NC(=O)N1CCC(c2ccc(Cl)cc2)C1.O=CN1CCCC1. The monoisotopic (exact) mass is 323 g/mol. The first-order valence-corrected chi connectivity index (χ1v) is 7.97. The number of primary amides is 1. The van der Waals surface area contributed by atoms with Gasteiger partial charge in [-0.25, -0.2) is 4.79 Å². The summed E-state index contributed by atoms with van der Waals surface area (Å²) in [7, 11) is 0. The van der Waals surface area contributed by atoms with E-state index in [9.17, 15) is 9.59 Å². The van der Waals surface area contributed by atoms with Gasteiger partial charge in [-0.3, -0.25) is 4.79 Å². The highest BCUT2D eigenvalue weighted by molar-refractivity contribution is 6.30. The van der Waals surface area contributed by atoms with Crippen LogP contribution in [0.25, 0.3) is 0 Å². The van der Waals surface area contributed by atoms with Crippen LogP contribution in [0.1, 0.15) is 30.7 Å². The predicted octanol–water partition coefficient (Wildman–Crippen LogP) is 2.45. The van der Waals surface area contributed by atoms with Crippen LogP contribution in [0.4, 0.5) is 4.79 Å². The summed E-state index contributed by atoms with van der Waals surface area (Å²) >= 11 is 5.81. The van der Waals surface area contributed by atoms with Crippen LogP contribution in [0.15, 0.2) is 24.3 Å². The number of benzene rings is 1. The minimum absolute atomic E-state index is 0.327. The van der Waals surface area contributed by atoms with Crippen LogP contribution in [0.3, 0.4) is 0 Å².